The zero-order chi connectivity index (χ0) is 11.9. The molecular formula is C14H19NO2. The Morgan fingerprint density at radius 3 is 2.65 bits per heavy atom. The third-order valence-electron chi connectivity index (χ3n) is 4.13. The average Bonchev–Trinajstić information content (AvgIpc) is 2.92. The molecule has 0 aromatic heterocycles. The van der Waals surface area contributed by atoms with E-state index < -0.39 is 0 Å². The van der Waals surface area contributed by atoms with Gasteiger partial charge in [-0.3, -0.25) is 0 Å². The van der Waals surface area contributed by atoms with E-state index in [1.165, 1.54) is 18.5 Å². The second kappa shape index (κ2) is 4.00. The van der Waals surface area contributed by atoms with E-state index in [0.717, 1.165) is 18.2 Å². The molecule has 1 aliphatic carbocycles. The van der Waals surface area contributed by atoms with E-state index in [0.29, 0.717) is 5.41 Å². The molecule has 0 amide bonds. The average molecular weight is 233 g/mol. The standard InChI is InChI=1S/C14H19NO2/c1-10(16-2)17-13-5-3-11(4-6-13)14-7-12(14)8-15-9-14/h3-6,10,12,15H,7-9H2,1-2H3. The first-order valence-electron chi connectivity index (χ1n) is 6.25. The number of nitrogens with one attached hydrogen (secondary N) is 1. The largest absolute Gasteiger partial charge is 0.465 e. The molecule has 2 fully saturated rings. The number of piperidine rings is 1. The van der Waals surface area contributed by atoms with Crippen molar-refractivity contribution >= 4 is 0 Å². The van der Waals surface area contributed by atoms with E-state index in [1.54, 1.807) is 7.11 Å². The summed E-state index contributed by atoms with van der Waals surface area (Å²) in [6, 6.07) is 8.50. The van der Waals surface area contributed by atoms with Crippen LogP contribution in [0.2, 0.25) is 0 Å². The van der Waals surface area contributed by atoms with Gasteiger partial charge in [-0.05, 0) is 43.5 Å². The Morgan fingerprint density at radius 2 is 2.12 bits per heavy atom. The van der Waals surface area contributed by atoms with Crippen LogP contribution in [0.15, 0.2) is 24.3 Å². The number of fused-ring (bicyclic) bond motifs is 1. The quantitative estimate of drug-likeness (QED) is 0.806. The fourth-order valence-electron chi connectivity index (χ4n) is 2.90. The maximum Gasteiger partial charge on any atom is 0.196 e. The SMILES string of the molecule is COC(C)Oc1ccc(C23CNCC2C3)cc1. The molecule has 3 rings (SSSR count). The minimum Gasteiger partial charge on any atom is -0.465 e. The lowest BCUT2D eigenvalue weighted by atomic mass is 9.95. The fourth-order valence-corrected chi connectivity index (χ4v) is 2.90. The molecular weight excluding hydrogens is 214 g/mol. The topological polar surface area (TPSA) is 30.5 Å². The van der Waals surface area contributed by atoms with Crippen molar-refractivity contribution in [1.82, 2.24) is 5.32 Å². The van der Waals surface area contributed by atoms with Gasteiger partial charge in [-0.25, -0.2) is 0 Å². The van der Waals surface area contributed by atoms with Crippen LogP contribution in [0.4, 0.5) is 0 Å². The van der Waals surface area contributed by atoms with Crippen LogP contribution in [0.5, 0.6) is 5.75 Å². The second-order valence-corrected chi connectivity index (χ2v) is 5.13. The molecule has 1 aromatic rings. The number of methoxy groups -OCH3 is 1. The number of rotatable bonds is 4. The van der Waals surface area contributed by atoms with Gasteiger partial charge in [-0.15, -0.1) is 0 Å². The Kier molecular flexibility index (Phi) is 2.60. The predicted octanol–water partition coefficient (Wildman–Crippen LogP) is 1.92. The summed E-state index contributed by atoms with van der Waals surface area (Å²) < 4.78 is 10.7. The number of hydrogen-bond donors (Lipinski definition) is 1. The highest BCUT2D eigenvalue weighted by Gasteiger charge is 2.57. The summed E-state index contributed by atoms with van der Waals surface area (Å²) >= 11 is 0. The van der Waals surface area contributed by atoms with E-state index in [-0.39, 0.29) is 6.29 Å². The van der Waals surface area contributed by atoms with Crippen molar-refractivity contribution in [3.63, 3.8) is 0 Å². The maximum absolute atomic E-state index is 5.59. The number of hydrogen-bond acceptors (Lipinski definition) is 3. The van der Waals surface area contributed by atoms with E-state index in [1.807, 2.05) is 19.1 Å². The van der Waals surface area contributed by atoms with Crippen molar-refractivity contribution in [2.24, 2.45) is 5.92 Å². The van der Waals surface area contributed by atoms with Crippen molar-refractivity contribution in [2.75, 3.05) is 20.2 Å². The monoisotopic (exact) mass is 233 g/mol. The minimum absolute atomic E-state index is 0.194. The van der Waals surface area contributed by atoms with E-state index in [2.05, 4.69) is 17.4 Å². The van der Waals surface area contributed by atoms with Gasteiger partial charge in [0.1, 0.15) is 5.75 Å². The van der Waals surface area contributed by atoms with Crippen molar-refractivity contribution in [3.8, 4) is 5.75 Å². The summed E-state index contributed by atoms with van der Waals surface area (Å²) in [7, 11) is 1.65. The molecule has 1 N–H and O–H groups in total. The molecule has 3 nitrogen and oxygen atoms in total. The van der Waals surface area contributed by atoms with Crippen molar-refractivity contribution in [2.45, 2.75) is 25.0 Å². The van der Waals surface area contributed by atoms with E-state index in [4.69, 9.17) is 9.47 Å². The normalized spacial score (nSPS) is 32.0. The first-order chi connectivity index (χ1) is 8.24. The Balaban J connectivity index is 1.72. The van der Waals surface area contributed by atoms with Gasteiger partial charge in [0, 0.05) is 19.1 Å². The van der Waals surface area contributed by atoms with Gasteiger partial charge in [-0.1, -0.05) is 12.1 Å². The van der Waals surface area contributed by atoms with Crippen LogP contribution in [0.3, 0.4) is 0 Å². The Labute approximate surface area is 102 Å². The first-order valence-corrected chi connectivity index (χ1v) is 6.25. The van der Waals surface area contributed by atoms with E-state index in [9.17, 15) is 0 Å². The molecule has 0 spiro atoms. The molecule has 2 aliphatic rings. The molecule has 3 unspecified atom stereocenters. The number of benzene rings is 1. The summed E-state index contributed by atoms with van der Waals surface area (Å²) in [6.45, 7) is 4.20. The van der Waals surface area contributed by atoms with Gasteiger partial charge < -0.3 is 14.8 Å². The van der Waals surface area contributed by atoms with Gasteiger partial charge in [0.15, 0.2) is 6.29 Å². The molecule has 1 aromatic carbocycles. The molecule has 3 heteroatoms. The predicted molar refractivity (Wildman–Crippen MR) is 66.2 cm³/mol. The van der Waals surface area contributed by atoms with Crippen LogP contribution < -0.4 is 10.1 Å². The highest BCUT2D eigenvalue weighted by Crippen LogP contribution is 2.56. The fraction of sp³-hybridized carbons (Fsp3) is 0.571. The van der Waals surface area contributed by atoms with Gasteiger partial charge in [0.05, 0.1) is 0 Å². The molecule has 0 bridgehead atoms. The van der Waals surface area contributed by atoms with Gasteiger partial charge >= 0.3 is 0 Å². The van der Waals surface area contributed by atoms with Crippen LogP contribution in [0, 0.1) is 5.92 Å². The molecule has 1 saturated carbocycles. The highest BCUT2D eigenvalue weighted by molar-refractivity contribution is 5.40. The highest BCUT2D eigenvalue weighted by atomic mass is 16.7. The molecule has 17 heavy (non-hydrogen) atoms. The van der Waals surface area contributed by atoms with Crippen LogP contribution >= 0.6 is 0 Å². The summed E-state index contributed by atoms with van der Waals surface area (Å²) in [5.41, 5.74) is 1.88. The zero-order valence-electron chi connectivity index (χ0n) is 10.4. The van der Waals surface area contributed by atoms with Crippen molar-refractivity contribution < 1.29 is 9.47 Å². The summed E-state index contributed by atoms with van der Waals surface area (Å²) in [5, 5.41) is 3.47. The smallest absolute Gasteiger partial charge is 0.196 e. The van der Waals surface area contributed by atoms with Crippen molar-refractivity contribution in [3.05, 3.63) is 29.8 Å². The molecule has 1 heterocycles. The van der Waals surface area contributed by atoms with Crippen LogP contribution in [-0.2, 0) is 10.2 Å². The first kappa shape index (κ1) is 11.1. The molecule has 3 atom stereocenters. The second-order valence-electron chi connectivity index (χ2n) is 5.13. The third-order valence-corrected chi connectivity index (χ3v) is 4.13. The lowest BCUT2D eigenvalue weighted by Gasteiger charge is -2.15. The van der Waals surface area contributed by atoms with Gasteiger partial charge in [0.25, 0.3) is 0 Å². The Bertz CT molecular complexity index is 403. The maximum atomic E-state index is 5.59. The molecule has 0 radical (unpaired) electrons. The minimum atomic E-state index is -0.194. The Hall–Kier alpha value is -1.06. The lowest BCUT2D eigenvalue weighted by molar-refractivity contribution is -0.0382. The molecule has 92 valence electrons. The summed E-state index contributed by atoms with van der Waals surface area (Å²) in [6.07, 6.45) is 1.15. The summed E-state index contributed by atoms with van der Waals surface area (Å²) in [5.74, 6) is 1.73. The Morgan fingerprint density at radius 1 is 1.35 bits per heavy atom. The van der Waals surface area contributed by atoms with E-state index >= 15 is 0 Å². The van der Waals surface area contributed by atoms with Crippen LogP contribution in [0.25, 0.3) is 0 Å². The molecule has 1 aliphatic heterocycles. The summed E-state index contributed by atoms with van der Waals surface area (Å²) in [4.78, 5) is 0. The van der Waals surface area contributed by atoms with Crippen LogP contribution in [-0.4, -0.2) is 26.5 Å². The van der Waals surface area contributed by atoms with Crippen LogP contribution in [0.1, 0.15) is 18.9 Å². The number of ether oxygens (including phenoxy) is 2. The van der Waals surface area contributed by atoms with Gasteiger partial charge in [-0.2, -0.15) is 0 Å². The molecule has 1 saturated heterocycles. The van der Waals surface area contributed by atoms with Gasteiger partial charge in [0.2, 0.25) is 0 Å². The lowest BCUT2D eigenvalue weighted by Crippen LogP contribution is -2.19. The zero-order valence-corrected chi connectivity index (χ0v) is 10.4. The third kappa shape index (κ3) is 1.83. The van der Waals surface area contributed by atoms with Crippen molar-refractivity contribution in [1.29, 1.82) is 0 Å².